The molecule has 0 spiro atoms. The van der Waals surface area contributed by atoms with Crippen LogP contribution in [-0.4, -0.2) is 28.7 Å². The molecule has 0 fully saturated rings. The Morgan fingerprint density at radius 2 is 1.35 bits per heavy atom. The maximum atomic E-state index is 13.1. The molecule has 2 aromatic carbocycles. The summed E-state index contributed by atoms with van der Waals surface area (Å²) < 4.78 is 0. The van der Waals surface area contributed by atoms with E-state index in [1.807, 2.05) is 6.92 Å². The highest BCUT2D eigenvalue weighted by Gasteiger charge is 2.29. The molecule has 5 nitrogen and oxygen atoms in total. The van der Waals surface area contributed by atoms with Crippen LogP contribution in [0.2, 0.25) is 0 Å². The smallest absolute Gasteiger partial charge is 0.261 e. The summed E-state index contributed by atoms with van der Waals surface area (Å²) in [5, 5.41) is 0. The number of imide groups is 1. The molecule has 0 radical (unpaired) electrons. The van der Waals surface area contributed by atoms with Gasteiger partial charge in [0.05, 0.1) is 6.04 Å². The van der Waals surface area contributed by atoms with Crippen molar-refractivity contribution in [1.82, 2.24) is 4.90 Å². The monoisotopic (exact) mass is 350 g/mol. The third-order valence-corrected chi connectivity index (χ3v) is 4.06. The van der Waals surface area contributed by atoms with Crippen LogP contribution >= 0.6 is 0 Å². The van der Waals surface area contributed by atoms with Crippen molar-refractivity contribution in [2.75, 3.05) is 0 Å². The Kier molecular flexibility index (Phi) is 6.44. The van der Waals surface area contributed by atoms with E-state index in [9.17, 15) is 14.4 Å². The van der Waals surface area contributed by atoms with Gasteiger partial charge in [-0.2, -0.15) is 0 Å². The standard InChI is InChI=1S/C21H22N2O3/c1-3-18(14-15(2)19(22)24)23(20(25)16-10-6-4-7-11-16)21(26)17-12-8-5-9-13-17/h4-14,18H,3H2,1-2H3,(H2,22,24). The SMILES string of the molecule is CCC(C=C(C)C(N)=O)N(C(=O)c1ccccc1)C(=O)c1ccccc1. The summed E-state index contributed by atoms with van der Waals surface area (Å²) in [6.45, 7) is 3.42. The molecule has 2 aromatic rings. The highest BCUT2D eigenvalue weighted by Crippen LogP contribution is 2.18. The minimum Gasteiger partial charge on any atom is -0.366 e. The van der Waals surface area contributed by atoms with E-state index in [1.165, 1.54) is 4.90 Å². The van der Waals surface area contributed by atoms with Crippen LogP contribution in [0.3, 0.4) is 0 Å². The molecule has 0 bridgehead atoms. The minimum absolute atomic E-state index is 0.309. The lowest BCUT2D eigenvalue weighted by molar-refractivity contribution is -0.114. The van der Waals surface area contributed by atoms with Crippen LogP contribution in [0, 0.1) is 0 Å². The van der Waals surface area contributed by atoms with Gasteiger partial charge in [-0.1, -0.05) is 49.4 Å². The van der Waals surface area contributed by atoms with E-state index in [-0.39, 0.29) is 0 Å². The Morgan fingerprint density at radius 1 is 0.923 bits per heavy atom. The second kappa shape index (κ2) is 8.76. The number of hydrogen-bond acceptors (Lipinski definition) is 3. The number of hydrogen-bond donors (Lipinski definition) is 1. The predicted molar refractivity (Wildman–Crippen MR) is 100 cm³/mol. The van der Waals surface area contributed by atoms with Gasteiger partial charge in [0, 0.05) is 16.7 Å². The highest BCUT2D eigenvalue weighted by atomic mass is 16.2. The molecule has 26 heavy (non-hydrogen) atoms. The molecule has 3 amide bonds. The molecule has 0 aromatic heterocycles. The number of nitrogens with zero attached hydrogens (tertiary/aromatic N) is 1. The van der Waals surface area contributed by atoms with Crippen molar-refractivity contribution in [2.24, 2.45) is 5.73 Å². The van der Waals surface area contributed by atoms with Gasteiger partial charge in [0.1, 0.15) is 0 Å². The van der Waals surface area contributed by atoms with Crippen molar-refractivity contribution in [2.45, 2.75) is 26.3 Å². The zero-order valence-corrected chi connectivity index (χ0v) is 14.9. The number of carbonyl (C=O) groups is 3. The maximum absolute atomic E-state index is 13.1. The summed E-state index contributed by atoms with van der Waals surface area (Å²) >= 11 is 0. The Bertz CT molecular complexity index is 762. The lowest BCUT2D eigenvalue weighted by Gasteiger charge is -2.28. The molecule has 134 valence electrons. The van der Waals surface area contributed by atoms with Gasteiger partial charge in [-0.15, -0.1) is 0 Å². The Hall–Kier alpha value is -3.21. The number of nitrogens with two attached hydrogens (primary N) is 1. The third kappa shape index (κ3) is 4.45. The van der Waals surface area contributed by atoms with Crippen molar-refractivity contribution >= 4 is 17.7 Å². The fraction of sp³-hybridized carbons (Fsp3) is 0.190. The maximum Gasteiger partial charge on any atom is 0.261 e. The lowest BCUT2D eigenvalue weighted by Crippen LogP contribution is -2.44. The molecule has 5 heteroatoms. The molecule has 1 unspecified atom stereocenters. The molecule has 0 aliphatic heterocycles. The van der Waals surface area contributed by atoms with Crippen molar-refractivity contribution in [3.8, 4) is 0 Å². The second-order valence-corrected chi connectivity index (χ2v) is 5.90. The topological polar surface area (TPSA) is 80.5 Å². The van der Waals surface area contributed by atoms with Crippen LogP contribution in [0.15, 0.2) is 72.3 Å². The summed E-state index contributed by atoms with van der Waals surface area (Å²) in [5.74, 6) is -1.41. The van der Waals surface area contributed by atoms with E-state index in [2.05, 4.69) is 0 Å². The number of rotatable bonds is 6. The van der Waals surface area contributed by atoms with Crippen molar-refractivity contribution in [1.29, 1.82) is 0 Å². The fourth-order valence-electron chi connectivity index (χ4n) is 2.58. The number of carbonyl (C=O) groups excluding carboxylic acids is 3. The molecular formula is C21H22N2O3. The van der Waals surface area contributed by atoms with Gasteiger partial charge in [0.15, 0.2) is 0 Å². The van der Waals surface area contributed by atoms with E-state index in [1.54, 1.807) is 73.7 Å². The molecule has 0 heterocycles. The van der Waals surface area contributed by atoms with E-state index in [0.29, 0.717) is 23.1 Å². The van der Waals surface area contributed by atoms with Gasteiger partial charge in [0.2, 0.25) is 5.91 Å². The molecule has 0 aliphatic carbocycles. The third-order valence-electron chi connectivity index (χ3n) is 4.06. The van der Waals surface area contributed by atoms with Crippen molar-refractivity contribution in [3.05, 3.63) is 83.4 Å². The first-order chi connectivity index (χ1) is 12.5. The van der Waals surface area contributed by atoms with Crippen LogP contribution in [-0.2, 0) is 4.79 Å². The zero-order valence-electron chi connectivity index (χ0n) is 14.9. The zero-order chi connectivity index (χ0) is 19.1. The Balaban J connectivity index is 2.50. The first-order valence-electron chi connectivity index (χ1n) is 8.42. The molecule has 0 saturated carbocycles. The van der Waals surface area contributed by atoms with Crippen LogP contribution in [0.5, 0.6) is 0 Å². The number of benzene rings is 2. The summed E-state index contributed by atoms with van der Waals surface area (Å²) in [7, 11) is 0. The average Bonchev–Trinajstić information content (AvgIpc) is 2.68. The summed E-state index contributed by atoms with van der Waals surface area (Å²) in [5.41, 5.74) is 6.43. The first-order valence-corrected chi connectivity index (χ1v) is 8.42. The number of amides is 3. The van der Waals surface area contributed by atoms with Gasteiger partial charge >= 0.3 is 0 Å². The van der Waals surface area contributed by atoms with Gasteiger partial charge < -0.3 is 5.73 Å². The Morgan fingerprint density at radius 3 is 1.69 bits per heavy atom. The second-order valence-electron chi connectivity index (χ2n) is 5.90. The predicted octanol–water partition coefficient (Wildman–Crippen LogP) is 3.18. The molecule has 2 N–H and O–H groups in total. The molecule has 2 rings (SSSR count). The molecular weight excluding hydrogens is 328 g/mol. The molecule has 0 aliphatic rings. The van der Waals surface area contributed by atoms with Crippen molar-refractivity contribution in [3.63, 3.8) is 0 Å². The number of primary amides is 1. The molecule has 1 atom stereocenters. The van der Waals surface area contributed by atoms with Gasteiger partial charge in [-0.3, -0.25) is 19.3 Å². The van der Waals surface area contributed by atoms with Gasteiger partial charge in [0.25, 0.3) is 11.8 Å². The van der Waals surface area contributed by atoms with Crippen molar-refractivity contribution < 1.29 is 14.4 Å². The largest absolute Gasteiger partial charge is 0.366 e. The van der Waals surface area contributed by atoms with Crippen LogP contribution in [0.25, 0.3) is 0 Å². The minimum atomic E-state index is -0.581. The Labute approximate surface area is 153 Å². The van der Waals surface area contributed by atoms with E-state index in [4.69, 9.17) is 5.73 Å². The lowest BCUT2D eigenvalue weighted by atomic mass is 10.0. The van der Waals surface area contributed by atoms with Crippen LogP contribution < -0.4 is 5.73 Å². The summed E-state index contributed by atoms with van der Waals surface area (Å²) in [6.07, 6.45) is 2.03. The normalized spacial score (nSPS) is 12.3. The summed E-state index contributed by atoms with van der Waals surface area (Å²) in [6, 6.07) is 16.6. The first kappa shape index (κ1) is 19.1. The highest BCUT2D eigenvalue weighted by molar-refractivity contribution is 6.10. The summed E-state index contributed by atoms with van der Waals surface area (Å²) in [4.78, 5) is 38.8. The van der Waals surface area contributed by atoms with Gasteiger partial charge in [-0.05, 0) is 37.6 Å². The van der Waals surface area contributed by atoms with Gasteiger partial charge in [-0.25, -0.2) is 0 Å². The van der Waals surface area contributed by atoms with Crippen LogP contribution in [0.1, 0.15) is 41.0 Å². The quantitative estimate of drug-likeness (QED) is 0.642. The fourth-order valence-corrected chi connectivity index (χ4v) is 2.58. The van der Waals surface area contributed by atoms with E-state index < -0.39 is 23.8 Å². The van der Waals surface area contributed by atoms with E-state index in [0.717, 1.165) is 0 Å². The van der Waals surface area contributed by atoms with E-state index >= 15 is 0 Å². The van der Waals surface area contributed by atoms with Crippen LogP contribution in [0.4, 0.5) is 0 Å². The average molecular weight is 350 g/mol. The molecule has 0 saturated heterocycles.